The van der Waals surface area contributed by atoms with Gasteiger partial charge >= 0.3 is 0 Å². The summed E-state index contributed by atoms with van der Waals surface area (Å²) in [6.07, 6.45) is 3.29. The Morgan fingerprint density at radius 3 is 3.00 bits per heavy atom. The predicted molar refractivity (Wildman–Crippen MR) is 41.9 cm³/mol. The minimum atomic E-state index is 0.0518. The van der Waals surface area contributed by atoms with Gasteiger partial charge in [0.1, 0.15) is 0 Å². The fraction of sp³-hybridized carbons (Fsp3) is 0.875. The van der Waals surface area contributed by atoms with Crippen LogP contribution in [0.1, 0.15) is 19.3 Å². The van der Waals surface area contributed by atoms with E-state index in [0.717, 1.165) is 25.8 Å². The van der Waals surface area contributed by atoms with Crippen LogP contribution in [0.4, 0.5) is 0 Å². The van der Waals surface area contributed by atoms with Gasteiger partial charge in [-0.15, -0.1) is 0 Å². The van der Waals surface area contributed by atoms with Crippen molar-refractivity contribution in [2.24, 2.45) is 0 Å². The summed E-state index contributed by atoms with van der Waals surface area (Å²) in [5, 5.41) is 17.4. The largest absolute Gasteiger partial charge is 0.395 e. The van der Waals surface area contributed by atoms with Crippen LogP contribution in [-0.4, -0.2) is 35.7 Å². The second-order valence-corrected chi connectivity index (χ2v) is 2.90. The summed E-state index contributed by atoms with van der Waals surface area (Å²) in [5.41, 5.74) is 0. The van der Waals surface area contributed by atoms with Gasteiger partial charge in [0.15, 0.2) is 0 Å². The van der Waals surface area contributed by atoms with Crippen molar-refractivity contribution in [2.75, 3.05) is 19.7 Å². The quantitative estimate of drug-likeness (QED) is 0.624. The lowest BCUT2D eigenvalue weighted by Crippen LogP contribution is -2.40. The number of aliphatic hydroxyl groups excluding tert-OH is 1. The summed E-state index contributed by atoms with van der Waals surface area (Å²) >= 11 is 0. The molecular weight excluding hydrogens is 140 g/mol. The molecule has 3 heteroatoms. The summed E-state index contributed by atoms with van der Waals surface area (Å²) in [4.78, 5) is 2.06. The molecule has 0 spiro atoms. The van der Waals surface area contributed by atoms with Crippen LogP contribution < -0.4 is 0 Å². The molecule has 1 heterocycles. The fourth-order valence-corrected chi connectivity index (χ4v) is 1.53. The maximum Gasteiger partial charge on any atom is 0.0978 e. The van der Waals surface area contributed by atoms with E-state index in [1.165, 1.54) is 0 Å². The van der Waals surface area contributed by atoms with Gasteiger partial charge in [0.25, 0.3) is 0 Å². The van der Waals surface area contributed by atoms with Crippen molar-refractivity contribution >= 4 is 0 Å². The smallest absolute Gasteiger partial charge is 0.0978 e. The molecule has 0 radical (unpaired) electrons. The number of aliphatic hydroxyl groups is 1. The molecule has 0 aromatic carbocycles. The summed E-state index contributed by atoms with van der Waals surface area (Å²) in [7, 11) is 0. The van der Waals surface area contributed by atoms with Gasteiger partial charge in [0.2, 0.25) is 0 Å². The highest BCUT2D eigenvalue weighted by molar-refractivity contribution is 4.93. The van der Waals surface area contributed by atoms with E-state index in [2.05, 4.69) is 11.0 Å². The molecule has 3 nitrogen and oxygen atoms in total. The van der Waals surface area contributed by atoms with Gasteiger partial charge in [-0.05, 0) is 25.8 Å². The Labute approximate surface area is 67.2 Å². The van der Waals surface area contributed by atoms with E-state index in [1.807, 2.05) is 0 Å². The van der Waals surface area contributed by atoms with Crippen LogP contribution in [0.3, 0.4) is 0 Å². The van der Waals surface area contributed by atoms with E-state index in [1.54, 1.807) is 0 Å². The van der Waals surface area contributed by atoms with Crippen molar-refractivity contribution in [3.05, 3.63) is 0 Å². The molecule has 11 heavy (non-hydrogen) atoms. The summed E-state index contributed by atoms with van der Waals surface area (Å²) in [6, 6.07) is 2.31. The molecule has 1 aliphatic heterocycles. The second kappa shape index (κ2) is 4.32. The van der Waals surface area contributed by atoms with Crippen LogP contribution in [-0.2, 0) is 0 Å². The average Bonchev–Trinajstić information content (AvgIpc) is 2.06. The Hall–Kier alpha value is -0.590. The first kappa shape index (κ1) is 8.51. The van der Waals surface area contributed by atoms with Gasteiger partial charge in [-0.3, -0.25) is 4.90 Å². The van der Waals surface area contributed by atoms with Gasteiger partial charge < -0.3 is 5.11 Å². The maximum atomic E-state index is 8.71. The number of nitriles is 1. The van der Waals surface area contributed by atoms with Crippen LogP contribution in [0.25, 0.3) is 0 Å². The van der Waals surface area contributed by atoms with E-state index >= 15 is 0 Å². The predicted octanol–water partition coefficient (Wildman–Crippen LogP) is 0.357. The van der Waals surface area contributed by atoms with Gasteiger partial charge in [-0.2, -0.15) is 5.26 Å². The van der Waals surface area contributed by atoms with Crippen LogP contribution in [0.5, 0.6) is 0 Å². The summed E-state index contributed by atoms with van der Waals surface area (Å²) in [5.74, 6) is 0. The monoisotopic (exact) mass is 154 g/mol. The number of hydrogen-bond acceptors (Lipinski definition) is 3. The van der Waals surface area contributed by atoms with Gasteiger partial charge in [0, 0.05) is 6.54 Å². The fourth-order valence-electron chi connectivity index (χ4n) is 1.53. The Morgan fingerprint density at radius 2 is 2.36 bits per heavy atom. The van der Waals surface area contributed by atoms with E-state index in [-0.39, 0.29) is 12.6 Å². The highest BCUT2D eigenvalue weighted by Crippen LogP contribution is 2.15. The Bertz CT molecular complexity index is 151. The molecular formula is C8H14N2O. The van der Waals surface area contributed by atoms with Gasteiger partial charge in [-0.25, -0.2) is 0 Å². The molecule has 1 saturated heterocycles. The Balaban J connectivity index is 2.39. The molecule has 0 aliphatic carbocycles. The van der Waals surface area contributed by atoms with Crippen molar-refractivity contribution in [1.82, 2.24) is 4.90 Å². The third-order valence-corrected chi connectivity index (χ3v) is 2.15. The first-order valence-corrected chi connectivity index (χ1v) is 4.13. The van der Waals surface area contributed by atoms with Gasteiger partial charge in [-0.1, -0.05) is 0 Å². The lowest BCUT2D eigenvalue weighted by Gasteiger charge is -2.30. The third-order valence-electron chi connectivity index (χ3n) is 2.15. The van der Waals surface area contributed by atoms with Crippen LogP contribution >= 0.6 is 0 Å². The van der Waals surface area contributed by atoms with E-state index in [4.69, 9.17) is 10.4 Å². The zero-order chi connectivity index (χ0) is 8.10. The molecule has 1 atom stereocenters. The van der Waals surface area contributed by atoms with Crippen molar-refractivity contribution in [3.63, 3.8) is 0 Å². The summed E-state index contributed by atoms with van der Waals surface area (Å²) < 4.78 is 0. The normalized spacial score (nSPS) is 26.4. The first-order chi connectivity index (χ1) is 5.38. The van der Waals surface area contributed by atoms with Crippen LogP contribution in [0, 0.1) is 11.3 Å². The summed E-state index contributed by atoms with van der Waals surface area (Å²) in [6.45, 7) is 1.79. The molecule has 0 amide bonds. The van der Waals surface area contributed by atoms with Crippen molar-refractivity contribution in [3.8, 4) is 6.07 Å². The molecule has 1 N–H and O–H groups in total. The number of likely N-dealkylation sites (tertiary alicyclic amines) is 1. The highest BCUT2D eigenvalue weighted by Gasteiger charge is 2.20. The molecule has 1 unspecified atom stereocenters. The Kier molecular flexibility index (Phi) is 3.34. The molecule has 0 aromatic heterocycles. The average molecular weight is 154 g/mol. The SMILES string of the molecule is N#CC1CCCCN1CCO. The number of piperidine rings is 1. The lowest BCUT2D eigenvalue weighted by molar-refractivity contribution is 0.144. The molecule has 62 valence electrons. The number of nitrogens with zero attached hydrogens (tertiary/aromatic N) is 2. The van der Waals surface area contributed by atoms with Crippen LogP contribution in [0.2, 0.25) is 0 Å². The zero-order valence-corrected chi connectivity index (χ0v) is 6.66. The topological polar surface area (TPSA) is 47.3 Å². The third kappa shape index (κ3) is 2.18. The van der Waals surface area contributed by atoms with Crippen molar-refractivity contribution in [1.29, 1.82) is 5.26 Å². The molecule has 1 aliphatic rings. The molecule has 0 aromatic rings. The molecule has 0 bridgehead atoms. The zero-order valence-electron chi connectivity index (χ0n) is 6.66. The minimum Gasteiger partial charge on any atom is -0.395 e. The first-order valence-electron chi connectivity index (χ1n) is 4.13. The maximum absolute atomic E-state index is 8.71. The number of hydrogen-bond donors (Lipinski definition) is 1. The second-order valence-electron chi connectivity index (χ2n) is 2.90. The number of rotatable bonds is 2. The van der Waals surface area contributed by atoms with Gasteiger partial charge in [0.05, 0.1) is 18.7 Å². The minimum absolute atomic E-state index is 0.0518. The van der Waals surface area contributed by atoms with E-state index in [0.29, 0.717) is 6.54 Å². The highest BCUT2D eigenvalue weighted by atomic mass is 16.3. The lowest BCUT2D eigenvalue weighted by atomic mass is 10.0. The molecule has 0 saturated carbocycles. The van der Waals surface area contributed by atoms with E-state index < -0.39 is 0 Å². The van der Waals surface area contributed by atoms with Crippen molar-refractivity contribution in [2.45, 2.75) is 25.3 Å². The molecule has 1 rings (SSSR count). The van der Waals surface area contributed by atoms with Crippen molar-refractivity contribution < 1.29 is 5.11 Å². The van der Waals surface area contributed by atoms with Crippen LogP contribution in [0.15, 0.2) is 0 Å². The van der Waals surface area contributed by atoms with E-state index in [9.17, 15) is 0 Å². The number of β-amino-alcohol motifs (C(OH)–C–C–N with tert-alkyl or cyclic N) is 1. The molecule has 1 fully saturated rings. The Morgan fingerprint density at radius 1 is 1.55 bits per heavy atom. The standard InChI is InChI=1S/C8H14N2O/c9-7-8-3-1-2-4-10(8)5-6-11/h8,11H,1-6H2.